The Hall–Kier alpha value is -3.68. The van der Waals surface area contributed by atoms with Crippen LogP contribution in [0.2, 0.25) is 0 Å². The molecule has 0 saturated heterocycles. The van der Waals surface area contributed by atoms with Crippen molar-refractivity contribution in [3.05, 3.63) is 75.6 Å². The van der Waals surface area contributed by atoms with Crippen molar-refractivity contribution in [2.45, 2.75) is 27.7 Å². The molecule has 1 aromatic carbocycles. The maximum atomic E-state index is 14.3. The van der Waals surface area contributed by atoms with Crippen LogP contribution in [0.1, 0.15) is 35.3 Å². The van der Waals surface area contributed by atoms with Gasteiger partial charge >= 0.3 is 0 Å². The number of nitrogens with zero attached hydrogens (tertiary/aromatic N) is 2. The Kier molecular flexibility index (Phi) is 7.30. The Morgan fingerprint density at radius 2 is 1.87 bits per heavy atom. The zero-order valence-electron chi connectivity index (χ0n) is 17.6. The van der Waals surface area contributed by atoms with Crippen LogP contribution in [0.25, 0.3) is 0 Å². The summed E-state index contributed by atoms with van der Waals surface area (Å²) in [6, 6.07) is 7.43. The van der Waals surface area contributed by atoms with E-state index in [0.29, 0.717) is 5.75 Å². The summed E-state index contributed by atoms with van der Waals surface area (Å²) in [5.74, 6) is -1.01. The van der Waals surface area contributed by atoms with E-state index in [4.69, 9.17) is 10.5 Å². The molecule has 3 rings (SSSR count). The van der Waals surface area contributed by atoms with Crippen LogP contribution in [0, 0.1) is 19.7 Å². The first-order chi connectivity index (χ1) is 14.3. The van der Waals surface area contributed by atoms with Gasteiger partial charge in [0.15, 0.2) is 0 Å². The predicted octanol–water partition coefficient (Wildman–Crippen LogP) is 4.20. The third-order valence-electron chi connectivity index (χ3n) is 4.24. The van der Waals surface area contributed by atoms with Gasteiger partial charge in [-0.25, -0.2) is 4.39 Å². The Balaban J connectivity index is 0.00000155. The number of halogens is 1. The van der Waals surface area contributed by atoms with Crippen molar-refractivity contribution < 1.29 is 13.9 Å². The summed E-state index contributed by atoms with van der Waals surface area (Å²) in [7, 11) is 1.45. The van der Waals surface area contributed by atoms with Crippen LogP contribution in [-0.2, 0) is 7.05 Å². The average Bonchev–Trinajstić information content (AvgIpc) is 2.70. The molecule has 1 amide bonds. The largest absolute Gasteiger partial charge is 0.454 e. The second-order valence-electron chi connectivity index (χ2n) is 6.35. The Labute approximate surface area is 174 Å². The van der Waals surface area contributed by atoms with E-state index < -0.39 is 17.3 Å². The molecule has 2 aromatic heterocycles. The lowest BCUT2D eigenvalue weighted by Gasteiger charge is -2.18. The summed E-state index contributed by atoms with van der Waals surface area (Å²) >= 11 is 0. The highest BCUT2D eigenvalue weighted by Gasteiger charge is 2.22. The molecule has 0 radical (unpaired) electrons. The van der Waals surface area contributed by atoms with Crippen LogP contribution in [0.5, 0.6) is 11.5 Å². The van der Waals surface area contributed by atoms with Crippen molar-refractivity contribution in [2.75, 3.05) is 5.32 Å². The van der Waals surface area contributed by atoms with Crippen LogP contribution in [0.3, 0.4) is 0 Å². The van der Waals surface area contributed by atoms with E-state index in [-0.39, 0.29) is 22.8 Å². The molecule has 0 aliphatic carbocycles. The van der Waals surface area contributed by atoms with Gasteiger partial charge in [0.1, 0.15) is 28.7 Å². The molecule has 0 atom stereocenters. The number of anilines is 2. The zero-order valence-corrected chi connectivity index (χ0v) is 17.6. The molecule has 0 fully saturated rings. The zero-order chi connectivity index (χ0) is 22.4. The number of nitrogens with two attached hydrogens (primary N) is 1. The summed E-state index contributed by atoms with van der Waals surface area (Å²) in [4.78, 5) is 28.6. The van der Waals surface area contributed by atoms with Gasteiger partial charge in [0.25, 0.3) is 11.5 Å². The van der Waals surface area contributed by atoms with Crippen molar-refractivity contribution in [1.82, 2.24) is 9.55 Å². The predicted molar refractivity (Wildman–Crippen MR) is 115 cm³/mol. The molecule has 3 N–H and O–H groups in total. The first-order valence-electron chi connectivity index (χ1n) is 9.43. The van der Waals surface area contributed by atoms with Gasteiger partial charge in [-0.15, -0.1) is 0 Å². The molecule has 0 bridgehead atoms. The third-order valence-corrected chi connectivity index (χ3v) is 4.24. The highest BCUT2D eigenvalue weighted by molar-refractivity contribution is 6.01. The van der Waals surface area contributed by atoms with Gasteiger partial charge < -0.3 is 15.8 Å². The van der Waals surface area contributed by atoms with Crippen LogP contribution in [-0.4, -0.2) is 15.5 Å². The number of primary amides is 1. The van der Waals surface area contributed by atoms with Crippen LogP contribution < -0.4 is 21.3 Å². The highest BCUT2D eigenvalue weighted by atomic mass is 19.1. The van der Waals surface area contributed by atoms with Gasteiger partial charge in [0.2, 0.25) is 0 Å². The number of benzene rings is 1. The minimum atomic E-state index is -0.831. The van der Waals surface area contributed by atoms with Gasteiger partial charge in [-0.2, -0.15) is 0 Å². The Bertz CT molecular complexity index is 1130. The Morgan fingerprint density at radius 3 is 2.47 bits per heavy atom. The molecule has 0 saturated carbocycles. The number of carbonyl (C=O) groups is 1. The number of hydrogen-bond acceptors (Lipinski definition) is 5. The maximum absolute atomic E-state index is 14.3. The molecular formula is C22H25FN4O3. The topological polar surface area (TPSA) is 99.2 Å². The number of nitrogens with one attached hydrogen (secondary N) is 1. The molecule has 3 aromatic rings. The molecule has 0 spiro atoms. The number of aryl methyl sites for hydroxylation is 2. The number of carbonyl (C=O) groups excluding carboxylic acids is 1. The molecule has 158 valence electrons. The van der Waals surface area contributed by atoms with Gasteiger partial charge in [0.05, 0.1) is 11.9 Å². The summed E-state index contributed by atoms with van der Waals surface area (Å²) < 4.78 is 21.2. The normalized spacial score (nSPS) is 10.1. The van der Waals surface area contributed by atoms with E-state index in [2.05, 4.69) is 10.3 Å². The van der Waals surface area contributed by atoms with Gasteiger partial charge in [-0.3, -0.25) is 19.1 Å². The van der Waals surface area contributed by atoms with Crippen LogP contribution in [0.4, 0.5) is 15.9 Å². The molecule has 0 aliphatic heterocycles. The molecule has 30 heavy (non-hydrogen) atoms. The van der Waals surface area contributed by atoms with E-state index >= 15 is 0 Å². The summed E-state index contributed by atoms with van der Waals surface area (Å²) in [6.45, 7) is 7.55. The SMILES string of the molecule is CC.Cc1ccc(Nc2c(C(N)=O)c(Oc3cnccc3C)cc(=O)n2C)c(F)c1. The van der Waals surface area contributed by atoms with E-state index in [9.17, 15) is 14.0 Å². The summed E-state index contributed by atoms with van der Waals surface area (Å²) in [6.07, 6.45) is 3.05. The van der Waals surface area contributed by atoms with E-state index in [1.165, 1.54) is 29.9 Å². The quantitative estimate of drug-likeness (QED) is 0.654. The minimum Gasteiger partial charge on any atom is -0.454 e. The standard InChI is InChI=1S/C20H19FN4O3.C2H6/c1-11-4-5-14(13(21)8-11)24-20-18(19(22)27)15(9-17(26)25(20)3)28-16-10-23-7-6-12(16)2;1-2/h4-10,24H,1-3H3,(H2,22,27);1-2H3. The second kappa shape index (κ2) is 9.69. The van der Waals surface area contributed by atoms with Crippen LogP contribution >= 0.6 is 0 Å². The van der Waals surface area contributed by atoms with Crippen molar-refractivity contribution >= 4 is 17.4 Å². The lowest BCUT2D eigenvalue weighted by Crippen LogP contribution is -2.25. The molecule has 2 heterocycles. The highest BCUT2D eigenvalue weighted by Crippen LogP contribution is 2.32. The molecule has 7 nitrogen and oxygen atoms in total. The number of pyridine rings is 2. The van der Waals surface area contributed by atoms with E-state index in [0.717, 1.165) is 17.2 Å². The number of rotatable bonds is 5. The van der Waals surface area contributed by atoms with E-state index in [1.54, 1.807) is 32.2 Å². The van der Waals surface area contributed by atoms with Crippen molar-refractivity contribution in [1.29, 1.82) is 0 Å². The lowest BCUT2D eigenvalue weighted by molar-refractivity contribution is 0.0998. The smallest absolute Gasteiger partial charge is 0.256 e. The number of aromatic nitrogens is 2. The van der Waals surface area contributed by atoms with Crippen LogP contribution in [0.15, 0.2) is 47.5 Å². The number of hydrogen-bond donors (Lipinski definition) is 2. The maximum Gasteiger partial charge on any atom is 0.256 e. The van der Waals surface area contributed by atoms with Crippen molar-refractivity contribution in [3.8, 4) is 11.5 Å². The van der Waals surface area contributed by atoms with Crippen molar-refractivity contribution in [2.24, 2.45) is 12.8 Å². The Morgan fingerprint density at radius 1 is 1.17 bits per heavy atom. The fraction of sp³-hybridized carbons (Fsp3) is 0.227. The van der Waals surface area contributed by atoms with Gasteiger partial charge in [-0.1, -0.05) is 19.9 Å². The molecule has 8 heteroatoms. The molecular weight excluding hydrogens is 387 g/mol. The van der Waals surface area contributed by atoms with E-state index in [1.807, 2.05) is 13.8 Å². The fourth-order valence-electron chi connectivity index (χ4n) is 2.66. The van der Waals surface area contributed by atoms with Gasteiger partial charge in [0, 0.05) is 19.3 Å². The molecule has 0 unspecified atom stereocenters. The fourth-order valence-corrected chi connectivity index (χ4v) is 2.66. The lowest BCUT2D eigenvalue weighted by atomic mass is 10.1. The average molecular weight is 412 g/mol. The monoisotopic (exact) mass is 412 g/mol. The summed E-state index contributed by atoms with van der Waals surface area (Å²) in [5, 5.41) is 2.79. The first-order valence-corrected chi connectivity index (χ1v) is 9.43. The molecule has 0 aliphatic rings. The first kappa shape index (κ1) is 22.6. The summed E-state index contributed by atoms with van der Waals surface area (Å²) in [5.41, 5.74) is 6.60. The number of amides is 1. The van der Waals surface area contributed by atoms with Crippen molar-refractivity contribution in [3.63, 3.8) is 0 Å². The third kappa shape index (κ3) is 4.83. The number of ether oxygens (including phenoxy) is 1. The van der Waals surface area contributed by atoms with Gasteiger partial charge in [-0.05, 0) is 43.2 Å². The second-order valence-corrected chi connectivity index (χ2v) is 6.35. The minimum absolute atomic E-state index is 0.0271.